The first kappa shape index (κ1) is 16.1. The number of hydrogen-bond acceptors (Lipinski definition) is 5. The fraction of sp³-hybridized carbons (Fsp3) is 0.368. The van der Waals surface area contributed by atoms with E-state index in [0.717, 1.165) is 44.3 Å². The summed E-state index contributed by atoms with van der Waals surface area (Å²) in [5.74, 6) is 0.931. The van der Waals surface area contributed by atoms with Crippen LogP contribution in [-0.4, -0.2) is 40.9 Å². The molecule has 1 aliphatic heterocycles. The topological polar surface area (TPSA) is 54.7 Å². The Labute approximate surface area is 147 Å². The summed E-state index contributed by atoms with van der Waals surface area (Å²) in [4.78, 5) is 2.37. The number of morpholine rings is 1. The van der Waals surface area contributed by atoms with E-state index in [1.807, 2.05) is 28.8 Å². The number of benzene rings is 1. The predicted octanol–water partition coefficient (Wildman–Crippen LogP) is 2.42. The molecule has 130 valence electrons. The summed E-state index contributed by atoms with van der Waals surface area (Å²) in [7, 11) is 0. The molecule has 0 saturated carbocycles. The van der Waals surface area contributed by atoms with Crippen LogP contribution in [0.3, 0.4) is 0 Å². The summed E-state index contributed by atoms with van der Waals surface area (Å²) >= 11 is 0. The van der Waals surface area contributed by atoms with Crippen LogP contribution in [-0.2, 0) is 11.3 Å². The fourth-order valence-corrected chi connectivity index (χ4v) is 3.16. The van der Waals surface area contributed by atoms with Crippen molar-refractivity contribution in [2.75, 3.05) is 31.2 Å². The number of fused-ring (bicyclic) bond motifs is 1. The number of aromatic nitrogens is 3. The van der Waals surface area contributed by atoms with Crippen LogP contribution in [0.15, 0.2) is 48.7 Å². The molecule has 6 nitrogen and oxygen atoms in total. The van der Waals surface area contributed by atoms with Gasteiger partial charge in [-0.25, -0.2) is 0 Å². The van der Waals surface area contributed by atoms with Gasteiger partial charge in [0.15, 0.2) is 11.5 Å². The Balaban J connectivity index is 1.39. The highest BCUT2D eigenvalue weighted by Crippen LogP contribution is 2.18. The molecular formula is C19H23N5O. The Bertz CT molecular complexity index is 823. The summed E-state index contributed by atoms with van der Waals surface area (Å²) in [5.41, 5.74) is 3.40. The van der Waals surface area contributed by atoms with Crippen molar-refractivity contribution >= 4 is 11.3 Å². The highest BCUT2D eigenvalue weighted by Gasteiger charge is 2.13. The van der Waals surface area contributed by atoms with Gasteiger partial charge in [-0.3, -0.25) is 4.40 Å². The van der Waals surface area contributed by atoms with Crippen molar-refractivity contribution in [2.45, 2.75) is 19.5 Å². The van der Waals surface area contributed by atoms with Crippen molar-refractivity contribution in [1.82, 2.24) is 19.9 Å². The lowest BCUT2D eigenvalue weighted by Crippen LogP contribution is -2.36. The molecular weight excluding hydrogens is 314 g/mol. The van der Waals surface area contributed by atoms with E-state index in [4.69, 9.17) is 4.74 Å². The van der Waals surface area contributed by atoms with Crippen LogP contribution in [0.1, 0.15) is 24.4 Å². The summed E-state index contributed by atoms with van der Waals surface area (Å²) in [6.07, 6.45) is 2.00. The Morgan fingerprint density at radius 1 is 1.08 bits per heavy atom. The number of pyridine rings is 1. The summed E-state index contributed by atoms with van der Waals surface area (Å²) in [6, 6.07) is 14.8. The first-order chi connectivity index (χ1) is 12.3. The minimum absolute atomic E-state index is 0.122. The quantitative estimate of drug-likeness (QED) is 0.775. The number of rotatable bonds is 5. The van der Waals surface area contributed by atoms with E-state index in [1.54, 1.807) is 0 Å². The number of anilines is 1. The normalized spacial score (nSPS) is 16.3. The van der Waals surface area contributed by atoms with E-state index >= 15 is 0 Å². The van der Waals surface area contributed by atoms with Crippen LogP contribution < -0.4 is 10.2 Å². The molecule has 1 atom stereocenters. The average molecular weight is 337 g/mol. The van der Waals surface area contributed by atoms with Crippen molar-refractivity contribution in [1.29, 1.82) is 0 Å². The van der Waals surface area contributed by atoms with Crippen LogP contribution in [0.2, 0.25) is 0 Å². The Kier molecular flexibility index (Phi) is 4.63. The monoisotopic (exact) mass is 337 g/mol. The number of hydrogen-bond donors (Lipinski definition) is 1. The maximum Gasteiger partial charge on any atom is 0.160 e. The zero-order valence-electron chi connectivity index (χ0n) is 14.4. The highest BCUT2D eigenvalue weighted by molar-refractivity contribution is 5.48. The standard InChI is InChI=1S/C19H23N5O/c1-15(19-22-21-18-4-2-3-9-24(18)19)20-14-16-5-7-17(8-6-16)23-10-12-25-13-11-23/h2-9,15,20H,10-14H2,1H3. The third-order valence-electron chi connectivity index (χ3n) is 4.65. The van der Waals surface area contributed by atoms with Gasteiger partial charge in [0.1, 0.15) is 0 Å². The van der Waals surface area contributed by atoms with Crippen molar-refractivity contribution < 1.29 is 4.74 Å². The van der Waals surface area contributed by atoms with E-state index in [9.17, 15) is 0 Å². The maximum absolute atomic E-state index is 5.41. The Morgan fingerprint density at radius 2 is 1.88 bits per heavy atom. The summed E-state index contributed by atoms with van der Waals surface area (Å²) < 4.78 is 7.44. The lowest BCUT2D eigenvalue weighted by Gasteiger charge is -2.29. The largest absolute Gasteiger partial charge is 0.378 e. The molecule has 2 aromatic heterocycles. The van der Waals surface area contributed by atoms with Gasteiger partial charge in [-0.1, -0.05) is 18.2 Å². The van der Waals surface area contributed by atoms with Gasteiger partial charge in [-0.15, -0.1) is 10.2 Å². The van der Waals surface area contributed by atoms with Crippen molar-refractivity contribution in [2.24, 2.45) is 0 Å². The number of nitrogens with one attached hydrogen (secondary N) is 1. The first-order valence-corrected chi connectivity index (χ1v) is 8.76. The minimum atomic E-state index is 0.122. The highest BCUT2D eigenvalue weighted by atomic mass is 16.5. The molecule has 6 heteroatoms. The van der Waals surface area contributed by atoms with Gasteiger partial charge in [0, 0.05) is 31.5 Å². The van der Waals surface area contributed by atoms with Gasteiger partial charge in [0.05, 0.1) is 19.3 Å². The average Bonchev–Trinajstić information content (AvgIpc) is 3.11. The van der Waals surface area contributed by atoms with Gasteiger partial charge >= 0.3 is 0 Å². The first-order valence-electron chi connectivity index (χ1n) is 8.76. The molecule has 1 unspecified atom stereocenters. The van der Waals surface area contributed by atoms with Crippen molar-refractivity contribution in [3.05, 3.63) is 60.0 Å². The Hall–Kier alpha value is -2.44. The second-order valence-corrected chi connectivity index (χ2v) is 6.36. The molecule has 3 heterocycles. The third-order valence-corrected chi connectivity index (χ3v) is 4.65. The zero-order valence-corrected chi connectivity index (χ0v) is 14.4. The van der Waals surface area contributed by atoms with E-state index < -0.39 is 0 Å². The second kappa shape index (κ2) is 7.21. The molecule has 1 saturated heterocycles. The van der Waals surface area contributed by atoms with E-state index in [1.165, 1.54) is 11.3 Å². The van der Waals surface area contributed by atoms with Crippen LogP contribution >= 0.6 is 0 Å². The minimum Gasteiger partial charge on any atom is -0.378 e. The number of ether oxygens (including phenoxy) is 1. The lowest BCUT2D eigenvalue weighted by atomic mass is 10.1. The molecule has 0 radical (unpaired) electrons. The molecule has 0 bridgehead atoms. The molecule has 25 heavy (non-hydrogen) atoms. The van der Waals surface area contributed by atoms with Crippen LogP contribution in [0.5, 0.6) is 0 Å². The van der Waals surface area contributed by atoms with Gasteiger partial charge in [-0.05, 0) is 36.8 Å². The molecule has 4 rings (SSSR count). The second-order valence-electron chi connectivity index (χ2n) is 6.36. The molecule has 0 aliphatic carbocycles. The van der Waals surface area contributed by atoms with Gasteiger partial charge in [-0.2, -0.15) is 0 Å². The SMILES string of the molecule is CC(NCc1ccc(N2CCOCC2)cc1)c1nnc2ccccn12. The lowest BCUT2D eigenvalue weighted by molar-refractivity contribution is 0.122. The van der Waals surface area contributed by atoms with Gasteiger partial charge in [0.25, 0.3) is 0 Å². The smallest absolute Gasteiger partial charge is 0.160 e. The molecule has 1 aliphatic rings. The van der Waals surface area contributed by atoms with Crippen LogP contribution in [0.25, 0.3) is 5.65 Å². The van der Waals surface area contributed by atoms with E-state index in [-0.39, 0.29) is 6.04 Å². The molecule has 0 spiro atoms. The summed E-state index contributed by atoms with van der Waals surface area (Å²) in [6.45, 7) is 6.47. The van der Waals surface area contributed by atoms with Crippen LogP contribution in [0.4, 0.5) is 5.69 Å². The molecule has 3 aromatic rings. The van der Waals surface area contributed by atoms with Crippen molar-refractivity contribution in [3.8, 4) is 0 Å². The van der Waals surface area contributed by atoms with Gasteiger partial charge < -0.3 is 15.0 Å². The summed E-state index contributed by atoms with van der Waals surface area (Å²) in [5, 5.41) is 12.1. The van der Waals surface area contributed by atoms with E-state index in [2.05, 4.69) is 51.6 Å². The molecule has 1 aromatic carbocycles. The third kappa shape index (κ3) is 3.50. The Morgan fingerprint density at radius 3 is 2.68 bits per heavy atom. The zero-order chi connectivity index (χ0) is 17.1. The van der Waals surface area contributed by atoms with Gasteiger partial charge in [0.2, 0.25) is 0 Å². The van der Waals surface area contributed by atoms with Crippen LogP contribution in [0, 0.1) is 0 Å². The molecule has 1 N–H and O–H groups in total. The maximum atomic E-state index is 5.41. The molecule has 0 amide bonds. The van der Waals surface area contributed by atoms with Crippen molar-refractivity contribution in [3.63, 3.8) is 0 Å². The predicted molar refractivity (Wildman–Crippen MR) is 97.7 cm³/mol. The number of nitrogens with zero attached hydrogens (tertiary/aromatic N) is 4. The van der Waals surface area contributed by atoms with E-state index in [0.29, 0.717) is 0 Å². The molecule has 1 fully saturated rings. The fourth-order valence-electron chi connectivity index (χ4n) is 3.16.